The molecule has 238 valence electrons. The second-order valence-electron chi connectivity index (χ2n) is 11.3. The Kier molecular flexibility index (Phi) is 46.6. The van der Waals surface area contributed by atoms with Gasteiger partial charge in [-0.05, 0) is 6.42 Å². The van der Waals surface area contributed by atoms with Crippen molar-refractivity contribution < 1.29 is 143 Å². The molecule has 0 bridgehead atoms. The van der Waals surface area contributed by atoms with Gasteiger partial charge in [-0.3, -0.25) is 0 Å². The van der Waals surface area contributed by atoms with Gasteiger partial charge in [0.25, 0.3) is 0 Å². The molecule has 0 aliphatic carbocycles. The van der Waals surface area contributed by atoms with E-state index in [0.717, 1.165) is 6.42 Å². The molecule has 3 N–H and O–H groups in total. The third-order valence-corrected chi connectivity index (χ3v) is 7.28. The van der Waals surface area contributed by atoms with Crippen LogP contribution in [0.15, 0.2) is 0 Å². The van der Waals surface area contributed by atoms with Gasteiger partial charge in [0.2, 0.25) is 0 Å². The van der Waals surface area contributed by atoms with E-state index in [-0.39, 0.29) is 103 Å². The number of hydrogen-bond donors (Lipinski definition) is 3. The fourth-order valence-electron chi connectivity index (χ4n) is 4.77. The van der Waals surface area contributed by atoms with Gasteiger partial charge >= 0.3 is 109 Å². The van der Waals surface area contributed by atoms with Crippen molar-refractivity contribution in [2.75, 3.05) is 6.61 Å². The third kappa shape index (κ3) is 39.6. The number of carboxylic acid groups (broad SMARTS) is 3. The molecule has 0 radical (unpaired) electrons. The van der Waals surface area contributed by atoms with Gasteiger partial charge in [0.1, 0.15) is 0 Å². The number of aliphatic hydroxyl groups is 2. The molecule has 0 atom stereocenters. The zero-order chi connectivity index (χ0) is 30.3. The Bertz CT molecular complexity index is 565. The van der Waals surface area contributed by atoms with Gasteiger partial charge in [0, 0.05) is 31.4 Å². The van der Waals surface area contributed by atoms with Crippen LogP contribution in [-0.2, 0) is 14.4 Å². The minimum atomic E-state index is -2.86. The second-order valence-corrected chi connectivity index (χ2v) is 11.3. The van der Waals surface area contributed by atoms with Crippen molar-refractivity contribution in [2.45, 2.75) is 179 Å². The van der Waals surface area contributed by atoms with Gasteiger partial charge in [-0.2, -0.15) is 0 Å². The first-order valence-corrected chi connectivity index (χ1v) is 16.2. The van der Waals surface area contributed by atoms with Gasteiger partial charge in [-0.15, -0.1) is 0 Å². The van der Waals surface area contributed by atoms with Crippen LogP contribution in [0.4, 0.5) is 0 Å². The summed E-state index contributed by atoms with van der Waals surface area (Å²) in [7, 11) is 0. The summed E-state index contributed by atoms with van der Waals surface area (Å²) in [5.74, 6) is -5.65. The SMILES string of the molecule is CCCCCCCCCCCCCCCCCCCCCCCCCCO.O=C([O-])CC(O)(CC(=O)[O-])C(=O)O.[K+].[K+]. The molecule has 0 fully saturated rings. The summed E-state index contributed by atoms with van der Waals surface area (Å²) in [4.78, 5) is 30.2. The molecule has 0 saturated heterocycles. The topological polar surface area (TPSA) is 158 Å². The Morgan fingerprint density at radius 3 is 0.881 bits per heavy atom. The molecule has 0 aromatic rings. The van der Waals surface area contributed by atoms with E-state index in [1.807, 2.05) is 0 Å². The standard InChI is InChI=1S/C26H54O.C6H8O7.2K/c1-2-3-4-5-6-7-8-9-10-11-12-13-14-15-16-17-18-19-20-21-22-23-24-25-26-27;7-3(8)1-6(13,5(11)12)2-4(9)10;;/h27H,2-26H2,1H3;13H,1-2H2,(H,7,8)(H,9,10)(H,11,12);;/q;;2*+1/p-2. The summed E-state index contributed by atoms with van der Waals surface area (Å²) in [5.41, 5.74) is -2.86. The summed E-state index contributed by atoms with van der Waals surface area (Å²) in [6.07, 6.45) is 31.5. The molecule has 0 aromatic heterocycles. The molecule has 0 aliphatic heterocycles. The Hall–Kier alpha value is 1.60. The molecule has 10 heteroatoms. The number of unbranched alkanes of at least 4 members (excludes halogenated alkanes) is 23. The van der Waals surface area contributed by atoms with E-state index in [4.69, 9.17) is 15.3 Å². The normalized spacial score (nSPS) is 10.6. The molecule has 42 heavy (non-hydrogen) atoms. The van der Waals surface area contributed by atoms with E-state index in [2.05, 4.69) is 6.92 Å². The van der Waals surface area contributed by atoms with Gasteiger partial charge in [0.05, 0.1) is 0 Å². The maximum absolute atomic E-state index is 10.3. The minimum absolute atomic E-state index is 0. The number of rotatable bonds is 29. The van der Waals surface area contributed by atoms with Crippen molar-refractivity contribution in [3.63, 3.8) is 0 Å². The van der Waals surface area contributed by atoms with E-state index in [1.54, 1.807) is 0 Å². The fourth-order valence-corrected chi connectivity index (χ4v) is 4.77. The van der Waals surface area contributed by atoms with Crippen LogP contribution >= 0.6 is 0 Å². The number of hydrogen-bond acceptors (Lipinski definition) is 7. The molecule has 0 aromatic carbocycles. The van der Waals surface area contributed by atoms with Crippen LogP contribution in [0.3, 0.4) is 0 Å². The van der Waals surface area contributed by atoms with E-state index in [9.17, 15) is 24.6 Å². The monoisotopic (exact) mass is 650 g/mol. The first kappa shape index (κ1) is 50.5. The Morgan fingerprint density at radius 1 is 0.500 bits per heavy atom. The molecule has 0 rings (SSSR count). The first-order valence-electron chi connectivity index (χ1n) is 16.2. The zero-order valence-electron chi connectivity index (χ0n) is 27.5. The van der Waals surface area contributed by atoms with Crippen molar-refractivity contribution in [3.8, 4) is 0 Å². The van der Waals surface area contributed by atoms with Crippen LogP contribution in [0.25, 0.3) is 0 Å². The summed E-state index contributed by atoms with van der Waals surface area (Å²) in [6.45, 7) is 2.67. The Labute approximate surface area is 341 Å². The van der Waals surface area contributed by atoms with Crippen LogP contribution in [0.1, 0.15) is 174 Å². The van der Waals surface area contributed by atoms with Crippen LogP contribution in [-0.4, -0.2) is 45.4 Å². The van der Waals surface area contributed by atoms with E-state index in [1.165, 1.54) is 148 Å². The maximum Gasteiger partial charge on any atom is 1.00 e. The van der Waals surface area contributed by atoms with Crippen LogP contribution < -0.4 is 113 Å². The predicted molar refractivity (Wildman–Crippen MR) is 155 cm³/mol. The summed E-state index contributed by atoms with van der Waals surface area (Å²) >= 11 is 0. The molecule has 0 spiro atoms. The van der Waals surface area contributed by atoms with Crippen molar-refractivity contribution in [1.82, 2.24) is 0 Å². The van der Waals surface area contributed by atoms with E-state index < -0.39 is 36.4 Å². The Balaban J connectivity index is -0.000000408. The minimum Gasteiger partial charge on any atom is -0.550 e. The van der Waals surface area contributed by atoms with Crippen LogP contribution in [0, 0.1) is 0 Å². The molecule has 0 saturated carbocycles. The largest absolute Gasteiger partial charge is 1.00 e. The summed E-state index contributed by atoms with van der Waals surface area (Å²) < 4.78 is 0. The first-order chi connectivity index (χ1) is 19.2. The second kappa shape index (κ2) is 38.8. The van der Waals surface area contributed by atoms with Gasteiger partial charge in [-0.1, -0.05) is 155 Å². The van der Waals surface area contributed by atoms with E-state index >= 15 is 0 Å². The molecule has 0 aliphatic rings. The van der Waals surface area contributed by atoms with Crippen molar-refractivity contribution >= 4 is 17.9 Å². The molecular formula is C32H60K2O8. The molecular weight excluding hydrogens is 591 g/mol. The average Bonchev–Trinajstić information content (AvgIpc) is 2.88. The zero-order valence-corrected chi connectivity index (χ0v) is 33.7. The molecule has 0 heterocycles. The maximum atomic E-state index is 10.3. The van der Waals surface area contributed by atoms with Crippen molar-refractivity contribution in [1.29, 1.82) is 0 Å². The Morgan fingerprint density at radius 2 is 0.714 bits per heavy atom. The molecule has 0 amide bonds. The number of aliphatic carboxylic acids is 3. The van der Waals surface area contributed by atoms with Gasteiger partial charge < -0.3 is 35.1 Å². The third-order valence-electron chi connectivity index (χ3n) is 7.28. The molecule has 0 unspecified atom stereocenters. The number of carbonyl (C=O) groups excluding carboxylic acids is 2. The fraction of sp³-hybridized carbons (Fsp3) is 0.906. The predicted octanol–water partition coefficient (Wildman–Crippen LogP) is -0.549. The van der Waals surface area contributed by atoms with Crippen molar-refractivity contribution in [2.24, 2.45) is 0 Å². The molecule has 8 nitrogen and oxygen atoms in total. The number of carbonyl (C=O) groups is 3. The summed E-state index contributed by atoms with van der Waals surface area (Å²) in [6, 6.07) is 0. The summed E-state index contributed by atoms with van der Waals surface area (Å²) in [5, 5.41) is 45.9. The van der Waals surface area contributed by atoms with Crippen LogP contribution in [0.2, 0.25) is 0 Å². The quantitative estimate of drug-likeness (QED) is 0.0719. The number of carboxylic acids is 3. The average molecular weight is 651 g/mol. The number of aliphatic hydroxyl groups excluding tert-OH is 1. The van der Waals surface area contributed by atoms with Crippen LogP contribution in [0.5, 0.6) is 0 Å². The van der Waals surface area contributed by atoms with Gasteiger partial charge in [-0.25, -0.2) is 4.79 Å². The van der Waals surface area contributed by atoms with E-state index in [0.29, 0.717) is 6.61 Å². The van der Waals surface area contributed by atoms with Crippen molar-refractivity contribution in [3.05, 3.63) is 0 Å². The smallest absolute Gasteiger partial charge is 0.550 e. The van der Waals surface area contributed by atoms with Gasteiger partial charge in [0.15, 0.2) is 5.60 Å².